The van der Waals surface area contributed by atoms with Gasteiger partial charge in [0.15, 0.2) is 5.65 Å². The number of nitrogens with zero attached hydrogens (tertiary/aromatic N) is 3. The second-order valence-corrected chi connectivity index (χ2v) is 4.94. The Morgan fingerprint density at radius 3 is 3.00 bits per heavy atom. The molecule has 0 unspecified atom stereocenters. The molecule has 2 heterocycles. The van der Waals surface area contributed by atoms with Crippen molar-refractivity contribution in [1.82, 2.24) is 14.5 Å². The summed E-state index contributed by atoms with van der Waals surface area (Å²) < 4.78 is 3.13. The lowest BCUT2D eigenvalue weighted by Crippen LogP contribution is -1.99. The number of aromatic nitrogens is 3. The molecule has 2 aromatic heterocycles. The summed E-state index contributed by atoms with van der Waals surface area (Å²) >= 11 is 9.29. The third-order valence-corrected chi connectivity index (χ3v) is 3.27. The Morgan fingerprint density at radius 2 is 2.33 bits per heavy atom. The molecule has 78 valence electrons. The standard InChI is InChI=1S/C10H9BrClN3/c11-6-3-8-10(13-5-6)15(7-1-2-7)9(4-12)14-8/h3,5,7H,1-2,4H2. The number of pyridine rings is 1. The summed E-state index contributed by atoms with van der Waals surface area (Å²) in [5.41, 5.74) is 1.88. The summed E-state index contributed by atoms with van der Waals surface area (Å²) in [6.45, 7) is 0. The molecule has 0 atom stereocenters. The lowest BCUT2D eigenvalue weighted by molar-refractivity contribution is 0.721. The molecule has 0 radical (unpaired) electrons. The highest BCUT2D eigenvalue weighted by atomic mass is 79.9. The lowest BCUT2D eigenvalue weighted by Gasteiger charge is -2.03. The maximum Gasteiger partial charge on any atom is 0.160 e. The third kappa shape index (κ3) is 1.56. The largest absolute Gasteiger partial charge is 0.309 e. The smallest absolute Gasteiger partial charge is 0.160 e. The number of rotatable bonds is 2. The zero-order valence-corrected chi connectivity index (χ0v) is 10.3. The van der Waals surface area contributed by atoms with Crippen molar-refractivity contribution < 1.29 is 0 Å². The fraction of sp³-hybridized carbons (Fsp3) is 0.400. The summed E-state index contributed by atoms with van der Waals surface area (Å²) in [4.78, 5) is 8.90. The van der Waals surface area contributed by atoms with Gasteiger partial charge in [-0.25, -0.2) is 9.97 Å². The second-order valence-electron chi connectivity index (χ2n) is 3.76. The highest BCUT2D eigenvalue weighted by Gasteiger charge is 2.28. The van der Waals surface area contributed by atoms with E-state index in [-0.39, 0.29) is 0 Å². The minimum atomic E-state index is 0.449. The van der Waals surface area contributed by atoms with Crippen LogP contribution in [0.4, 0.5) is 0 Å². The van der Waals surface area contributed by atoms with Gasteiger partial charge >= 0.3 is 0 Å². The van der Waals surface area contributed by atoms with Crippen LogP contribution in [0.1, 0.15) is 24.7 Å². The van der Waals surface area contributed by atoms with Crippen molar-refractivity contribution in [3.8, 4) is 0 Å². The second kappa shape index (κ2) is 3.46. The van der Waals surface area contributed by atoms with Gasteiger partial charge in [-0.3, -0.25) is 0 Å². The molecular formula is C10H9BrClN3. The van der Waals surface area contributed by atoms with E-state index in [1.807, 2.05) is 6.07 Å². The Hall–Kier alpha value is -0.610. The van der Waals surface area contributed by atoms with Gasteiger partial charge in [0.1, 0.15) is 11.3 Å². The number of alkyl halides is 1. The van der Waals surface area contributed by atoms with Crippen LogP contribution in [0.15, 0.2) is 16.7 Å². The fourth-order valence-corrected chi connectivity index (χ4v) is 2.32. The van der Waals surface area contributed by atoms with Crippen molar-refractivity contribution in [3.63, 3.8) is 0 Å². The van der Waals surface area contributed by atoms with E-state index in [4.69, 9.17) is 11.6 Å². The maximum atomic E-state index is 5.89. The Morgan fingerprint density at radius 1 is 1.53 bits per heavy atom. The number of hydrogen-bond donors (Lipinski definition) is 0. The number of fused-ring (bicyclic) bond motifs is 1. The summed E-state index contributed by atoms with van der Waals surface area (Å²) in [6.07, 6.45) is 4.24. The summed E-state index contributed by atoms with van der Waals surface area (Å²) in [7, 11) is 0. The molecule has 0 bridgehead atoms. The van der Waals surface area contributed by atoms with E-state index in [9.17, 15) is 0 Å². The van der Waals surface area contributed by atoms with E-state index in [2.05, 4.69) is 30.5 Å². The minimum absolute atomic E-state index is 0.449. The first-order valence-corrected chi connectivity index (χ1v) is 6.20. The van der Waals surface area contributed by atoms with E-state index in [0.29, 0.717) is 11.9 Å². The molecule has 1 aliphatic rings. The normalized spacial score (nSPS) is 16.1. The first-order valence-electron chi connectivity index (χ1n) is 4.88. The minimum Gasteiger partial charge on any atom is -0.309 e. The predicted octanol–water partition coefficient (Wildman–Crippen LogP) is 3.27. The molecule has 0 spiro atoms. The molecule has 0 amide bonds. The maximum absolute atomic E-state index is 5.89. The molecule has 0 N–H and O–H groups in total. The first kappa shape index (κ1) is 9.60. The van der Waals surface area contributed by atoms with Gasteiger partial charge in [-0.2, -0.15) is 0 Å². The highest BCUT2D eigenvalue weighted by molar-refractivity contribution is 9.10. The van der Waals surface area contributed by atoms with Crippen LogP contribution >= 0.6 is 27.5 Å². The monoisotopic (exact) mass is 285 g/mol. The summed E-state index contributed by atoms with van der Waals surface area (Å²) in [6, 6.07) is 2.55. The van der Waals surface area contributed by atoms with Crippen LogP contribution in [0.25, 0.3) is 11.2 Å². The molecule has 2 aromatic rings. The van der Waals surface area contributed by atoms with Gasteiger partial charge in [0, 0.05) is 16.7 Å². The molecule has 15 heavy (non-hydrogen) atoms. The average molecular weight is 287 g/mol. The van der Waals surface area contributed by atoms with Gasteiger partial charge in [-0.05, 0) is 34.8 Å². The van der Waals surface area contributed by atoms with Gasteiger partial charge in [0.2, 0.25) is 0 Å². The quantitative estimate of drug-likeness (QED) is 0.793. The Balaban J connectivity index is 2.28. The molecule has 0 saturated heterocycles. The SMILES string of the molecule is ClCc1nc2cc(Br)cnc2n1C1CC1. The van der Waals surface area contributed by atoms with Crippen molar-refractivity contribution >= 4 is 38.7 Å². The van der Waals surface area contributed by atoms with Crippen LogP contribution in [-0.2, 0) is 5.88 Å². The topological polar surface area (TPSA) is 30.7 Å². The van der Waals surface area contributed by atoms with Gasteiger partial charge < -0.3 is 4.57 Å². The van der Waals surface area contributed by atoms with Crippen molar-refractivity contribution in [2.24, 2.45) is 0 Å². The van der Waals surface area contributed by atoms with Crippen LogP contribution in [0.2, 0.25) is 0 Å². The van der Waals surface area contributed by atoms with Gasteiger partial charge in [0.25, 0.3) is 0 Å². The fourth-order valence-electron chi connectivity index (χ4n) is 1.82. The van der Waals surface area contributed by atoms with E-state index < -0.39 is 0 Å². The molecule has 1 aliphatic carbocycles. The molecular weight excluding hydrogens is 277 g/mol. The van der Waals surface area contributed by atoms with Gasteiger partial charge in [0.05, 0.1) is 5.88 Å². The predicted molar refractivity (Wildman–Crippen MR) is 63.1 cm³/mol. The lowest BCUT2D eigenvalue weighted by atomic mass is 10.4. The van der Waals surface area contributed by atoms with Crippen molar-refractivity contribution in [2.75, 3.05) is 0 Å². The highest BCUT2D eigenvalue weighted by Crippen LogP contribution is 2.38. The first-order chi connectivity index (χ1) is 7.29. The zero-order valence-electron chi connectivity index (χ0n) is 7.95. The molecule has 5 heteroatoms. The Kier molecular flexibility index (Phi) is 2.21. The van der Waals surface area contributed by atoms with E-state index in [1.165, 1.54) is 12.8 Å². The van der Waals surface area contributed by atoms with Crippen molar-refractivity contribution in [2.45, 2.75) is 24.8 Å². The third-order valence-electron chi connectivity index (χ3n) is 2.60. The van der Waals surface area contributed by atoms with Crippen LogP contribution in [0, 0.1) is 0 Å². The Bertz CT molecular complexity index is 519. The van der Waals surface area contributed by atoms with Crippen LogP contribution in [0.3, 0.4) is 0 Å². The molecule has 0 aromatic carbocycles. The number of imidazole rings is 1. The van der Waals surface area contributed by atoms with Crippen molar-refractivity contribution in [1.29, 1.82) is 0 Å². The van der Waals surface area contributed by atoms with E-state index in [0.717, 1.165) is 21.5 Å². The van der Waals surface area contributed by atoms with Gasteiger partial charge in [-0.1, -0.05) is 0 Å². The average Bonchev–Trinajstić information content (AvgIpc) is 2.99. The summed E-state index contributed by atoms with van der Waals surface area (Å²) in [5.74, 6) is 1.38. The zero-order chi connectivity index (χ0) is 10.4. The molecule has 1 saturated carbocycles. The van der Waals surface area contributed by atoms with E-state index >= 15 is 0 Å². The summed E-state index contributed by atoms with van der Waals surface area (Å²) in [5, 5.41) is 0. The molecule has 1 fully saturated rings. The van der Waals surface area contributed by atoms with E-state index in [1.54, 1.807) is 6.20 Å². The van der Waals surface area contributed by atoms with Crippen LogP contribution < -0.4 is 0 Å². The van der Waals surface area contributed by atoms with Crippen molar-refractivity contribution in [3.05, 3.63) is 22.6 Å². The Labute approximate surface area is 101 Å². The molecule has 3 rings (SSSR count). The molecule has 0 aliphatic heterocycles. The van der Waals surface area contributed by atoms with Crippen LogP contribution in [0.5, 0.6) is 0 Å². The van der Waals surface area contributed by atoms with Crippen LogP contribution in [-0.4, -0.2) is 14.5 Å². The van der Waals surface area contributed by atoms with Gasteiger partial charge in [-0.15, -0.1) is 11.6 Å². The molecule has 3 nitrogen and oxygen atoms in total. The number of hydrogen-bond acceptors (Lipinski definition) is 2. The number of halogens is 2.